The maximum Gasteiger partial charge on any atom is 0.0835 e. The van der Waals surface area contributed by atoms with Crippen molar-refractivity contribution in [3.05, 3.63) is 0 Å². The summed E-state index contributed by atoms with van der Waals surface area (Å²) in [7, 11) is 0. The highest BCUT2D eigenvalue weighted by Gasteiger charge is 2.21. The Bertz CT molecular complexity index is 159. The van der Waals surface area contributed by atoms with E-state index in [1.807, 2.05) is 13.8 Å². The Morgan fingerprint density at radius 2 is 1.87 bits per heavy atom. The van der Waals surface area contributed by atoms with Crippen LogP contribution in [0.25, 0.3) is 0 Å². The lowest BCUT2D eigenvalue weighted by molar-refractivity contribution is -0.0645. The second-order valence-electron chi connectivity index (χ2n) is 4.53. The maximum atomic E-state index is 9.79. The van der Waals surface area contributed by atoms with E-state index >= 15 is 0 Å². The molecule has 1 aliphatic carbocycles. The van der Waals surface area contributed by atoms with Crippen molar-refractivity contribution < 1.29 is 14.6 Å². The van der Waals surface area contributed by atoms with Crippen molar-refractivity contribution in [2.45, 2.75) is 64.3 Å². The highest BCUT2D eigenvalue weighted by molar-refractivity contribution is 4.73. The zero-order chi connectivity index (χ0) is 11.1. The van der Waals surface area contributed by atoms with E-state index in [2.05, 4.69) is 0 Å². The van der Waals surface area contributed by atoms with Gasteiger partial charge in [0.05, 0.1) is 31.5 Å². The van der Waals surface area contributed by atoms with Gasteiger partial charge in [-0.05, 0) is 26.7 Å². The molecule has 0 saturated heterocycles. The normalized spacial score (nSPS) is 28.0. The van der Waals surface area contributed by atoms with E-state index in [-0.39, 0.29) is 18.3 Å². The second kappa shape index (κ2) is 7.20. The third kappa shape index (κ3) is 5.50. The number of aliphatic hydroxyl groups excluding tert-OH is 1. The predicted molar refractivity (Wildman–Crippen MR) is 59.9 cm³/mol. The van der Waals surface area contributed by atoms with Crippen molar-refractivity contribution in [1.29, 1.82) is 0 Å². The molecule has 0 bridgehead atoms. The van der Waals surface area contributed by atoms with Crippen LogP contribution in [0, 0.1) is 0 Å². The van der Waals surface area contributed by atoms with Crippen molar-refractivity contribution >= 4 is 0 Å². The first-order valence-corrected chi connectivity index (χ1v) is 6.11. The van der Waals surface area contributed by atoms with Gasteiger partial charge in [0.2, 0.25) is 0 Å². The van der Waals surface area contributed by atoms with Gasteiger partial charge in [-0.15, -0.1) is 0 Å². The lowest BCUT2D eigenvalue weighted by atomic mass is 10.1. The molecule has 2 atom stereocenters. The maximum absolute atomic E-state index is 9.79. The summed E-state index contributed by atoms with van der Waals surface area (Å²) in [6.45, 7) is 5.25. The molecule has 3 nitrogen and oxygen atoms in total. The van der Waals surface area contributed by atoms with Crippen LogP contribution in [0.3, 0.4) is 0 Å². The molecule has 0 aliphatic heterocycles. The Morgan fingerprint density at radius 1 is 1.13 bits per heavy atom. The number of aliphatic hydroxyl groups is 1. The summed E-state index contributed by atoms with van der Waals surface area (Å²) >= 11 is 0. The molecule has 0 aromatic heterocycles. The largest absolute Gasteiger partial charge is 0.390 e. The molecular weight excluding hydrogens is 192 g/mol. The minimum atomic E-state index is -0.272. The van der Waals surface area contributed by atoms with E-state index < -0.39 is 0 Å². The Balaban J connectivity index is 2.12. The molecule has 0 aromatic rings. The second-order valence-corrected chi connectivity index (χ2v) is 4.53. The van der Waals surface area contributed by atoms with Gasteiger partial charge in [0, 0.05) is 0 Å². The molecular formula is C12H24O3. The number of hydrogen-bond acceptors (Lipinski definition) is 3. The van der Waals surface area contributed by atoms with E-state index in [0.717, 1.165) is 19.3 Å². The number of ether oxygens (including phenoxy) is 2. The molecule has 0 aromatic carbocycles. The van der Waals surface area contributed by atoms with Crippen molar-refractivity contribution in [3.63, 3.8) is 0 Å². The third-order valence-electron chi connectivity index (χ3n) is 2.78. The van der Waals surface area contributed by atoms with Gasteiger partial charge < -0.3 is 14.6 Å². The minimum absolute atomic E-state index is 0.0308. The van der Waals surface area contributed by atoms with E-state index in [1.54, 1.807) is 0 Å². The number of rotatable bonds is 5. The SMILES string of the molecule is CC(C)OCCOC1CCCCCC1O. The molecule has 3 heteroatoms. The average molecular weight is 216 g/mol. The molecule has 90 valence electrons. The standard InChI is InChI=1S/C12H24O3/c1-10(2)14-8-9-15-12-7-5-3-4-6-11(12)13/h10-13H,3-9H2,1-2H3. The van der Waals surface area contributed by atoms with Crippen LogP contribution in [0.4, 0.5) is 0 Å². The van der Waals surface area contributed by atoms with Gasteiger partial charge in [-0.1, -0.05) is 19.3 Å². The fourth-order valence-corrected chi connectivity index (χ4v) is 1.93. The monoisotopic (exact) mass is 216 g/mol. The van der Waals surface area contributed by atoms with Crippen LogP contribution in [-0.4, -0.2) is 36.6 Å². The van der Waals surface area contributed by atoms with Crippen LogP contribution in [0.15, 0.2) is 0 Å². The van der Waals surface area contributed by atoms with Crippen molar-refractivity contribution in [2.75, 3.05) is 13.2 Å². The summed E-state index contributed by atoms with van der Waals surface area (Å²) in [5, 5.41) is 9.79. The molecule has 0 radical (unpaired) electrons. The first-order chi connectivity index (χ1) is 7.20. The molecule has 15 heavy (non-hydrogen) atoms. The van der Waals surface area contributed by atoms with Crippen LogP contribution in [-0.2, 0) is 9.47 Å². The summed E-state index contributed by atoms with van der Waals surface area (Å²) in [5.74, 6) is 0. The van der Waals surface area contributed by atoms with Gasteiger partial charge in [0.1, 0.15) is 0 Å². The molecule has 2 unspecified atom stereocenters. The fraction of sp³-hybridized carbons (Fsp3) is 1.00. The van der Waals surface area contributed by atoms with Crippen LogP contribution >= 0.6 is 0 Å². The Morgan fingerprint density at radius 3 is 2.60 bits per heavy atom. The minimum Gasteiger partial charge on any atom is -0.390 e. The smallest absolute Gasteiger partial charge is 0.0835 e. The van der Waals surface area contributed by atoms with Crippen molar-refractivity contribution in [2.24, 2.45) is 0 Å². The third-order valence-corrected chi connectivity index (χ3v) is 2.78. The molecule has 1 fully saturated rings. The fourth-order valence-electron chi connectivity index (χ4n) is 1.93. The lowest BCUT2D eigenvalue weighted by Crippen LogP contribution is -2.29. The summed E-state index contributed by atoms with van der Waals surface area (Å²) in [4.78, 5) is 0. The van der Waals surface area contributed by atoms with Gasteiger partial charge in [-0.2, -0.15) is 0 Å². The predicted octanol–water partition coefficient (Wildman–Crippen LogP) is 2.12. The summed E-state index contributed by atoms with van der Waals surface area (Å²) < 4.78 is 11.0. The first kappa shape index (κ1) is 12.9. The summed E-state index contributed by atoms with van der Waals surface area (Å²) in [6, 6.07) is 0. The molecule has 1 aliphatic rings. The van der Waals surface area contributed by atoms with Gasteiger partial charge in [0.15, 0.2) is 0 Å². The molecule has 0 spiro atoms. The molecule has 1 rings (SSSR count). The van der Waals surface area contributed by atoms with E-state index in [9.17, 15) is 5.11 Å². The van der Waals surface area contributed by atoms with Crippen LogP contribution in [0.5, 0.6) is 0 Å². The highest BCUT2D eigenvalue weighted by Crippen LogP contribution is 2.20. The molecule has 1 N–H and O–H groups in total. The van der Waals surface area contributed by atoms with Gasteiger partial charge in [-0.25, -0.2) is 0 Å². The van der Waals surface area contributed by atoms with Crippen LogP contribution in [0.1, 0.15) is 46.0 Å². The molecule has 0 amide bonds. The quantitative estimate of drug-likeness (QED) is 0.565. The molecule has 0 heterocycles. The van der Waals surface area contributed by atoms with E-state index in [1.165, 1.54) is 12.8 Å². The van der Waals surface area contributed by atoms with Gasteiger partial charge in [0.25, 0.3) is 0 Å². The van der Waals surface area contributed by atoms with Crippen molar-refractivity contribution in [3.8, 4) is 0 Å². The summed E-state index contributed by atoms with van der Waals surface area (Å²) in [5.41, 5.74) is 0. The average Bonchev–Trinajstić information content (AvgIpc) is 2.38. The Kier molecular flexibility index (Phi) is 6.22. The highest BCUT2D eigenvalue weighted by atomic mass is 16.5. The zero-order valence-corrected chi connectivity index (χ0v) is 9.95. The van der Waals surface area contributed by atoms with Crippen LogP contribution in [0.2, 0.25) is 0 Å². The van der Waals surface area contributed by atoms with Gasteiger partial charge in [-0.3, -0.25) is 0 Å². The van der Waals surface area contributed by atoms with Gasteiger partial charge >= 0.3 is 0 Å². The van der Waals surface area contributed by atoms with E-state index in [4.69, 9.17) is 9.47 Å². The lowest BCUT2D eigenvalue weighted by Gasteiger charge is -2.21. The van der Waals surface area contributed by atoms with E-state index in [0.29, 0.717) is 13.2 Å². The Hall–Kier alpha value is -0.120. The zero-order valence-electron chi connectivity index (χ0n) is 9.95. The number of hydrogen-bond donors (Lipinski definition) is 1. The molecule has 1 saturated carbocycles. The Labute approximate surface area is 92.8 Å². The topological polar surface area (TPSA) is 38.7 Å². The first-order valence-electron chi connectivity index (χ1n) is 6.11. The summed E-state index contributed by atoms with van der Waals surface area (Å²) in [6.07, 6.45) is 5.41. The van der Waals surface area contributed by atoms with Crippen LogP contribution < -0.4 is 0 Å². The van der Waals surface area contributed by atoms with Crippen molar-refractivity contribution in [1.82, 2.24) is 0 Å².